The number of hydrogen-bond donors (Lipinski definition) is 1. The standard InChI is InChI=1S/C18H13ClN4OS/c19-14-3-1-2-12(10-14)11-21-17(24)15-16(13-4-6-20-7-5-13)23-8-9-25-18(23)22-15/h1-10H,11H2,(H,21,24). The van der Waals surface area contributed by atoms with E-state index in [0.29, 0.717) is 17.3 Å². The van der Waals surface area contributed by atoms with E-state index in [0.717, 1.165) is 21.8 Å². The number of carbonyl (C=O) groups excluding carboxylic acids is 1. The molecule has 4 rings (SSSR count). The van der Waals surface area contributed by atoms with Crippen LogP contribution in [0.2, 0.25) is 5.02 Å². The second-order valence-corrected chi connectivity index (χ2v) is 6.72. The number of imidazole rings is 1. The van der Waals surface area contributed by atoms with Gasteiger partial charge in [-0.15, -0.1) is 11.3 Å². The molecule has 1 amide bonds. The number of thiazole rings is 1. The number of pyridine rings is 1. The van der Waals surface area contributed by atoms with Gasteiger partial charge in [-0.1, -0.05) is 23.7 Å². The van der Waals surface area contributed by atoms with Crippen LogP contribution in [0.4, 0.5) is 0 Å². The van der Waals surface area contributed by atoms with Gasteiger partial charge in [-0.05, 0) is 29.8 Å². The summed E-state index contributed by atoms with van der Waals surface area (Å²) in [6.07, 6.45) is 5.32. The molecule has 0 aliphatic carbocycles. The molecule has 0 radical (unpaired) electrons. The van der Waals surface area contributed by atoms with E-state index in [1.807, 2.05) is 46.3 Å². The first-order valence-corrected chi connectivity index (χ1v) is 8.87. The zero-order valence-electron chi connectivity index (χ0n) is 13.0. The fourth-order valence-electron chi connectivity index (χ4n) is 2.64. The van der Waals surface area contributed by atoms with Crippen LogP contribution in [-0.2, 0) is 6.54 Å². The summed E-state index contributed by atoms with van der Waals surface area (Å²) in [5.41, 5.74) is 3.00. The Morgan fingerprint density at radius 3 is 2.88 bits per heavy atom. The van der Waals surface area contributed by atoms with Crippen LogP contribution < -0.4 is 5.32 Å². The van der Waals surface area contributed by atoms with Crippen molar-refractivity contribution in [3.63, 3.8) is 0 Å². The first kappa shape index (κ1) is 15.8. The predicted molar refractivity (Wildman–Crippen MR) is 98.9 cm³/mol. The molecule has 4 aromatic rings. The van der Waals surface area contributed by atoms with Gasteiger partial charge in [-0.2, -0.15) is 0 Å². The molecule has 0 spiro atoms. The van der Waals surface area contributed by atoms with E-state index in [2.05, 4.69) is 15.3 Å². The minimum absolute atomic E-state index is 0.220. The Morgan fingerprint density at radius 2 is 2.08 bits per heavy atom. The molecule has 124 valence electrons. The summed E-state index contributed by atoms with van der Waals surface area (Å²) in [5.74, 6) is -0.220. The maximum atomic E-state index is 12.7. The van der Waals surface area contributed by atoms with Crippen LogP contribution >= 0.6 is 22.9 Å². The van der Waals surface area contributed by atoms with Crippen molar-refractivity contribution in [1.29, 1.82) is 0 Å². The van der Waals surface area contributed by atoms with Gasteiger partial charge in [0.05, 0.1) is 5.69 Å². The smallest absolute Gasteiger partial charge is 0.272 e. The molecule has 3 heterocycles. The monoisotopic (exact) mass is 368 g/mol. The lowest BCUT2D eigenvalue weighted by molar-refractivity contribution is 0.0947. The van der Waals surface area contributed by atoms with Gasteiger partial charge in [0.1, 0.15) is 0 Å². The summed E-state index contributed by atoms with van der Waals surface area (Å²) in [5, 5.41) is 5.51. The van der Waals surface area contributed by atoms with Crippen molar-refractivity contribution >= 4 is 33.8 Å². The van der Waals surface area contributed by atoms with Crippen molar-refractivity contribution in [2.24, 2.45) is 0 Å². The third-order valence-corrected chi connectivity index (χ3v) is 4.76. The Bertz CT molecular complexity index is 1040. The molecule has 3 aromatic heterocycles. The molecule has 5 nitrogen and oxygen atoms in total. The van der Waals surface area contributed by atoms with E-state index in [4.69, 9.17) is 11.6 Å². The highest BCUT2D eigenvalue weighted by Gasteiger charge is 2.20. The summed E-state index contributed by atoms with van der Waals surface area (Å²) in [6.45, 7) is 0.389. The molecule has 0 fully saturated rings. The van der Waals surface area contributed by atoms with Crippen LogP contribution in [0.15, 0.2) is 60.4 Å². The zero-order valence-corrected chi connectivity index (χ0v) is 14.6. The number of benzene rings is 1. The lowest BCUT2D eigenvalue weighted by Crippen LogP contribution is -2.23. The number of nitrogens with one attached hydrogen (secondary N) is 1. The average molecular weight is 369 g/mol. The molecule has 25 heavy (non-hydrogen) atoms. The van der Waals surface area contributed by atoms with Gasteiger partial charge in [-0.3, -0.25) is 14.2 Å². The average Bonchev–Trinajstić information content (AvgIpc) is 3.21. The molecular formula is C18H13ClN4OS. The number of hydrogen-bond acceptors (Lipinski definition) is 4. The van der Waals surface area contributed by atoms with E-state index in [-0.39, 0.29) is 5.91 Å². The summed E-state index contributed by atoms with van der Waals surface area (Å²) >= 11 is 7.48. The molecule has 0 aliphatic heterocycles. The van der Waals surface area contributed by atoms with Crippen molar-refractivity contribution in [2.45, 2.75) is 6.54 Å². The van der Waals surface area contributed by atoms with Gasteiger partial charge in [-0.25, -0.2) is 4.98 Å². The van der Waals surface area contributed by atoms with Crippen molar-refractivity contribution in [1.82, 2.24) is 19.7 Å². The fraction of sp³-hybridized carbons (Fsp3) is 0.0556. The minimum Gasteiger partial charge on any atom is -0.347 e. The summed E-state index contributed by atoms with van der Waals surface area (Å²) in [4.78, 5) is 22.1. The van der Waals surface area contributed by atoms with Gasteiger partial charge >= 0.3 is 0 Å². The molecule has 0 saturated carbocycles. The number of carbonyl (C=O) groups is 1. The summed E-state index contributed by atoms with van der Waals surface area (Å²) in [6, 6.07) is 11.2. The normalized spacial score (nSPS) is 10.9. The SMILES string of the molecule is O=C(NCc1cccc(Cl)c1)c1nc2sccn2c1-c1ccncc1. The minimum atomic E-state index is -0.220. The van der Waals surface area contributed by atoms with Crippen molar-refractivity contribution in [2.75, 3.05) is 0 Å². The van der Waals surface area contributed by atoms with Crippen molar-refractivity contribution < 1.29 is 4.79 Å². The molecule has 7 heteroatoms. The molecule has 0 saturated heterocycles. The first-order chi connectivity index (χ1) is 12.2. The number of amides is 1. The summed E-state index contributed by atoms with van der Waals surface area (Å²) < 4.78 is 1.92. The molecule has 0 bridgehead atoms. The largest absolute Gasteiger partial charge is 0.347 e. The number of rotatable bonds is 4. The van der Waals surface area contributed by atoms with E-state index in [1.54, 1.807) is 18.5 Å². The first-order valence-electron chi connectivity index (χ1n) is 7.61. The van der Waals surface area contributed by atoms with Crippen LogP contribution in [0.3, 0.4) is 0 Å². The molecule has 0 unspecified atom stereocenters. The Balaban J connectivity index is 1.66. The zero-order chi connectivity index (χ0) is 17.2. The predicted octanol–water partition coefficient (Wildman–Crippen LogP) is 4.04. The third-order valence-electron chi connectivity index (χ3n) is 3.77. The highest BCUT2D eigenvalue weighted by molar-refractivity contribution is 7.15. The molecule has 0 aliphatic rings. The van der Waals surface area contributed by atoms with Gasteiger partial charge in [0, 0.05) is 41.1 Å². The van der Waals surface area contributed by atoms with Crippen LogP contribution in [0.1, 0.15) is 16.1 Å². The second-order valence-electron chi connectivity index (χ2n) is 5.41. The van der Waals surface area contributed by atoms with E-state index in [9.17, 15) is 4.79 Å². The lowest BCUT2D eigenvalue weighted by atomic mass is 10.1. The van der Waals surface area contributed by atoms with E-state index < -0.39 is 0 Å². The fourth-order valence-corrected chi connectivity index (χ4v) is 3.57. The maximum Gasteiger partial charge on any atom is 0.272 e. The van der Waals surface area contributed by atoms with Crippen LogP contribution in [0, 0.1) is 0 Å². The number of halogens is 1. The lowest BCUT2D eigenvalue weighted by Gasteiger charge is -2.07. The van der Waals surface area contributed by atoms with Crippen LogP contribution in [-0.4, -0.2) is 20.3 Å². The van der Waals surface area contributed by atoms with Crippen LogP contribution in [0.5, 0.6) is 0 Å². The Hall–Kier alpha value is -2.70. The Labute approximate surface area is 152 Å². The Kier molecular flexibility index (Phi) is 4.21. The number of nitrogens with zero attached hydrogens (tertiary/aromatic N) is 3. The third kappa shape index (κ3) is 3.14. The van der Waals surface area contributed by atoms with E-state index in [1.165, 1.54) is 11.3 Å². The van der Waals surface area contributed by atoms with Crippen molar-refractivity contribution in [3.05, 3.63) is 76.6 Å². The quantitative estimate of drug-likeness (QED) is 0.591. The molecule has 1 N–H and O–H groups in total. The Morgan fingerprint density at radius 1 is 1.24 bits per heavy atom. The molecule has 1 aromatic carbocycles. The number of fused-ring (bicyclic) bond motifs is 1. The highest BCUT2D eigenvalue weighted by atomic mass is 35.5. The second kappa shape index (κ2) is 6.66. The van der Waals surface area contributed by atoms with Crippen molar-refractivity contribution in [3.8, 4) is 11.3 Å². The number of aromatic nitrogens is 3. The van der Waals surface area contributed by atoms with Gasteiger partial charge in [0.25, 0.3) is 5.91 Å². The summed E-state index contributed by atoms with van der Waals surface area (Å²) in [7, 11) is 0. The molecular weight excluding hydrogens is 356 g/mol. The highest BCUT2D eigenvalue weighted by Crippen LogP contribution is 2.27. The molecule has 0 atom stereocenters. The van der Waals surface area contributed by atoms with Gasteiger partial charge in [0.15, 0.2) is 10.7 Å². The van der Waals surface area contributed by atoms with E-state index >= 15 is 0 Å². The topological polar surface area (TPSA) is 59.3 Å². The maximum absolute atomic E-state index is 12.7. The van der Waals surface area contributed by atoms with Gasteiger partial charge in [0.2, 0.25) is 0 Å². The van der Waals surface area contributed by atoms with Gasteiger partial charge < -0.3 is 5.32 Å². The van der Waals surface area contributed by atoms with Crippen LogP contribution in [0.25, 0.3) is 16.2 Å².